The van der Waals surface area contributed by atoms with Gasteiger partial charge in [-0.2, -0.15) is 0 Å². The first kappa shape index (κ1) is 13.3. The number of nitrogens with zero attached hydrogens (tertiary/aromatic N) is 2. The van der Waals surface area contributed by atoms with Crippen LogP contribution in [0.25, 0.3) is 10.9 Å². The van der Waals surface area contributed by atoms with Crippen molar-refractivity contribution in [2.24, 2.45) is 0 Å². The van der Waals surface area contributed by atoms with Crippen molar-refractivity contribution in [3.63, 3.8) is 0 Å². The highest BCUT2D eigenvalue weighted by Gasteiger charge is 2.10. The van der Waals surface area contributed by atoms with Crippen LogP contribution >= 0.6 is 0 Å². The molecule has 0 aliphatic heterocycles. The molecule has 0 fully saturated rings. The Morgan fingerprint density at radius 3 is 2.71 bits per heavy atom. The van der Waals surface area contributed by atoms with Gasteiger partial charge >= 0.3 is 0 Å². The molecule has 0 atom stereocenters. The summed E-state index contributed by atoms with van der Waals surface area (Å²) in [6.07, 6.45) is 1.42. The molecule has 0 bridgehead atoms. The third kappa shape index (κ3) is 2.50. The van der Waals surface area contributed by atoms with Crippen LogP contribution in [0, 0.1) is 19.7 Å². The van der Waals surface area contributed by atoms with Crippen molar-refractivity contribution in [2.45, 2.75) is 13.8 Å². The van der Waals surface area contributed by atoms with Gasteiger partial charge in [-0.05, 0) is 37.6 Å². The molecule has 0 amide bonds. The molecule has 1 heterocycles. The molecular formula is C16H14FN3O. The van der Waals surface area contributed by atoms with E-state index in [1.54, 1.807) is 6.92 Å². The van der Waals surface area contributed by atoms with E-state index >= 15 is 0 Å². The first-order valence-electron chi connectivity index (χ1n) is 6.52. The van der Waals surface area contributed by atoms with E-state index in [9.17, 15) is 9.50 Å². The molecule has 1 aromatic heterocycles. The molecule has 0 saturated carbocycles. The van der Waals surface area contributed by atoms with Crippen LogP contribution in [0.3, 0.4) is 0 Å². The summed E-state index contributed by atoms with van der Waals surface area (Å²) >= 11 is 0. The zero-order chi connectivity index (χ0) is 15.0. The second-order valence-corrected chi connectivity index (χ2v) is 4.99. The predicted octanol–water partition coefficient (Wildman–Crippen LogP) is 3.83. The number of hydrogen-bond donors (Lipinski definition) is 2. The van der Waals surface area contributed by atoms with Crippen LogP contribution in [0.15, 0.2) is 36.7 Å². The second-order valence-electron chi connectivity index (χ2n) is 4.99. The van der Waals surface area contributed by atoms with Crippen LogP contribution in [0.1, 0.15) is 11.1 Å². The number of aromatic nitrogens is 2. The fourth-order valence-electron chi connectivity index (χ4n) is 2.15. The number of aryl methyl sites for hydroxylation is 2. The number of fused-ring (bicyclic) bond motifs is 1. The summed E-state index contributed by atoms with van der Waals surface area (Å²) in [7, 11) is 0. The number of nitrogens with one attached hydrogen (secondary N) is 1. The van der Waals surface area contributed by atoms with Gasteiger partial charge in [0.05, 0.1) is 11.2 Å². The molecule has 4 nitrogen and oxygen atoms in total. The predicted molar refractivity (Wildman–Crippen MR) is 80.4 cm³/mol. The molecule has 3 rings (SSSR count). The third-order valence-electron chi connectivity index (χ3n) is 3.33. The van der Waals surface area contributed by atoms with Gasteiger partial charge in [0.2, 0.25) is 0 Å². The van der Waals surface area contributed by atoms with E-state index in [2.05, 4.69) is 15.3 Å². The van der Waals surface area contributed by atoms with Crippen LogP contribution in [0.2, 0.25) is 0 Å². The van der Waals surface area contributed by atoms with Crippen molar-refractivity contribution >= 4 is 22.4 Å². The van der Waals surface area contributed by atoms with Gasteiger partial charge in [-0.15, -0.1) is 0 Å². The van der Waals surface area contributed by atoms with Gasteiger partial charge < -0.3 is 10.4 Å². The van der Waals surface area contributed by atoms with Crippen molar-refractivity contribution in [3.05, 3.63) is 53.6 Å². The molecule has 0 aliphatic carbocycles. The number of phenols is 1. The molecule has 0 unspecified atom stereocenters. The number of hydrogen-bond acceptors (Lipinski definition) is 4. The molecular weight excluding hydrogens is 269 g/mol. The Morgan fingerprint density at radius 2 is 1.90 bits per heavy atom. The molecule has 0 aliphatic rings. The first-order valence-corrected chi connectivity index (χ1v) is 6.52. The Kier molecular flexibility index (Phi) is 3.17. The molecule has 106 valence electrons. The second kappa shape index (κ2) is 5.01. The van der Waals surface area contributed by atoms with Crippen molar-refractivity contribution in [1.82, 2.24) is 9.97 Å². The van der Waals surface area contributed by atoms with Crippen LogP contribution in [-0.4, -0.2) is 15.1 Å². The maximum absolute atomic E-state index is 14.0. The lowest BCUT2D eigenvalue weighted by atomic mass is 10.1. The Bertz CT molecular complexity index is 833. The number of rotatable bonds is 2. The van der Waals surface area contributed by atoms with Gasteiger partial charge in [-0.1, -0.05) is 11.6 Å². The van der Waals surface area contributed by atoms with E-state index < -0.39 is 5.82 Å². The summed E-state index contributed by atoms with van der Waals surface area (Å²) in [6, 6.07) is 8.42. The number of phenolic OH excluding ortho intramolecular Hbond substituents is 1. The smallest absolute Gasteiger partial charge is 0.147 e. The van der Waals surface area contributed by atoms with E-state index in [-0.39, 0.29) is 11.4 Å². The van der Waals surface area contributed by atoms with Crippen LogP contribution < -0.4 is 5.32 Å². The van der Waals surface area contributed by atoms with E-state index in [0.717, 1.165) is 16.5 Å². The van der Waals surface area contributed by atoms with Crippen molar-refractivity contribution in [3.8, 4) is 5.75 Å². The fourth-order valence-corrected chi connectivity index (χ4v) is 2.15. The zero-order valence-corrected chi connectivity index (χ0v) is 11.7. The van der Waals surface area contributed by atoms with Crippen LogP contribution in [-0.2, 0) is 0 Å². The summed E-state index contributed by atoms with van der Waals surface area (Å²) in [4.78, 5) is 8.35. The first-order chi connectivity index (χ1) is 10.0. The molecule has 2 N–H and O–H groups in total. The Hall–Kier alpha value is -2.69. The molecule has 0 spiro atoms. The Labute approximate surface area is 121 Å². The van der Waals surface area contributed by atoms with Gasteiger partial charge in [0, 0.05) is 11.5 Å². The largest absolute Gasteiger partial charge is 0.508 e. The SMILES string of the molecule is Cc1ccc2ncnc(Nc3cc(O)c(C)cc3F)c2c1. The molecule has 21 heavy (non-hydrogen) atoms. The average Bonchev–Trinajstić information content (AvgIpc) is 2.45. The molecule has 0 saturated heterocycles. The zero-order valence-electron chi connectivity index (χ0n) is 11.7. The monoisotopic (exact) mass is 283 g/mol. The van der Waals surface area contributed by atoms with Gasteiger partial charge in [0.15, 0.2) is 0 Å². The summed E-state index contributed by atoms with van der Waals surface area (Å²) in [5.41, 5.74) is 2.50. The van der Waals surface area contributed by atoms with E-state index in [4.69, 9.17) is 0 Å². The van der Waals surface area contributed by atoms with Gasteiger partial charge in [0.1, 0.15) is 23.7 Å². The number of benzene rings is 2. The molecule has 5 heteroatoms. The van der Waals surface area contributed by atoms with Gasteiger partial charge in [-0.25, -0.2) is 14.4 Å². The lowest BCUT2D eigenvalue weighted by Crippen LogP contribution is -1.99. The van der Waals surface area contributed by atoms with Crippen molar-refractivity contribution in [2.75, 3.05) is 5.32 Å². The molecule has 3 aromatic rings. The Morgan fingerprint density at radius 1 is 1.10 bits per heavy atom. The van der Waals surface area contributed by atoms with E-state index in [1.165, 1.54) is 18.5 Å². The Balaban J connectivity index is 2.10. The summed E-state index contributed by atoms with van der Waals surface area (Å²) in [6.45, 7) is 3.61. The minimum absolute atomic E-state index is 0.0356. The summed E-state index contributed by atoms with van der Waals surface area (Å²) < 4.78 is 14.0. The quantitative estimate of drug-likeness (QED) is 0.750. The average molecular weight is 283 g/mol. The fraction of sp³-hybridized carbons (Fsp3) is 0.125. The van der Waals surface area contributed by atoms with E-state index in [0.29, 0.717) is 11.4 Å². The normalized spacial score (nSPS) is 10.8. The minimum Gasteiger partial charge on any atom is -0.508 e. The highest BCUT2D eigenvalue weighted by Crippen LogP contribution is 2.29. The van der Waals surface area contributed by atoms with Crippen LogP contribution in [0.5, 0.6) is 5.75 Å². The van der Waals surface area contributed by atoms with Crippen LogP contribution in [0.4, 0.5) is 15.9 Å². The topological polar surface area (TPSA) is 58.0 Å². The van der Waals surface area contributed by atoms with Gasteiger partial charge in [0.25, 0.3) is 0 Å². The maximum atomic E-state index is 14.0. The van der Waals surface area contributed by atoms with Crippen molar-refractivity contribution < 1.29 is 9.50 Å². The number of aromatic hydroxyl groups is 1. The van der Waals surface area contributed by atoms with Crippen molar-refractivity contribution in [1.29, 1.82) is 0 Å². The summed E-state index contributed by atoms with van der Waals surface area (Å²) in [5, 5.41) is 13.4. The molecule has 2 aromatic carbocycles. The highest BCUT2D eigenvalue weighted by molar-refractivity contribution is 5.91. The van der Waals surface area contributed by atoms with E-state index in [1.807, 2.05) is 25.1 Å². The van der Waals surface area contributed by atoms with Gasteiger partial charge in [-0.3, -0.25) is 0 Å². The summed E-state index contributed by atoms with van der Waals surface area (Å²) in [5.74, 6) is 0.101. The molecule has 0 radical (unpaired) electrons. The maximum Gasteiger partial charge on any atom is 0.147 e. The number of anilines is 2. The lowest BCUT2D eigenvalue weighted by molar-refractivity contribution is 0.469. The third-order valence-corrected chi connectivity index (χ3v) is 3.33. The minimum atomic E-state index is -0.440. The standard InChI is InChI=1S/C16H14FN3O/c1-9-3-4-13-11(5-9)16(19-8-18-13)20-14-7-15(21)10(2)6-12(14)17/h3-8,21H,1-2H3,(H,18,19,20). The number of halogens is 1. The lowest BCUT2D eigenvalue weighted by Gasteiger charge is -2.11. The highest BCUT2D eigenvalue weighted by atomic mass is 19.1.